The summed E-state index contributed by atoms with van der Waals surface area (Å²) in [4.78, 5) is 10.4. The first-order valence-electron chi connectivity index (χ1n) is 11.2. The van der Waals surface area contributed by atoms with Gasteiger partial charge in [-0.3, -0.25) is 0 Å². The molecule has 162 valence electrons. The van der Waals surface area contributed by atoms with Gasteiger partial charge in [-0.25, -0.2) is 4.98 Å². The molecule has 4 nitrogen and oxygen atoms in total. The summed E-state index contributed by atoms with van der Waals surface area (Å²) in [7, 11) is 0. The standard InChI is InChI=1S/C26H30ClN3O/c1-4-8-18-9-7-10-19(15-18)21-11-12-23(31-14-13-30(5-2)6-3)25-24(21)22-16-20(27)17-28-26(22)29-25/h7,9-12,15-17H,4-6,8,13-14H2,1-3H3,(H,28,29). The van der Waals surface area contributed by atoms with Gasteiger partial charge in [0, 0.05) is 23.5 Å². The summed E-state index contributed by atoms with van der Waals surface area (Å²) >= 11 is 6.32. The monoisotopic (exact) mass is 435 g/mol. The molecule has 0 amide bonds. The van der Waals surface area contributed by atoms with Crippen LogP contribution < -0.4 is 4.74 Å². The number of rotatable bonds is 9. The average molecular weight is 436 g/mol. The lowest BCUT2D eigenvalue weighted by atomic mass is 9.97. The van der Waals surface area contributed by atoms with Crippen LogP contribution in [0.1, 0.15) is 32.8 Å². The third-order valence-corrected chi connectivity index (χ3v) is 6.08. The fourth-order valence-electron chi connectivity index (χ4n) is 4.20. The molecule has 5 heteroatoms. The quantitative estimate of drug-likeness (QED) is 0.317. The zero-order chi connectivity index (χ0) is 21.8. The second-order valence-corrected chi connectivity index (χ2v) is 8.30. The summed E-state index contributed by atoms with van der Waals surface area (Å²) in [5.41, 5.74) is 5.52. The molecule has 0 aliphatic heterocycles. The van der Waals surface area contributed by atoms with E-state index >= 15 is 0 Å². The number of H-pyrrole nitrogens is 1. The molecule has 0 bridgehead atoms. The minimum absolute atomic E-state index is 0.631. The number of pyridine rings is 1. The van der Waals surface area contributed by atoms with Gasteiger partial charge in [0.15, 0.2) is 0 Å². The Kier molecular flexibility index (Phi) is 6.79. The summed E-state index contributed by atoms with van der Waals surface area (Å²) in [5.74, 6) is 0.852. The number of aromatic amines is 1. The van der Waals surface area contributed by atoms with Crippen LogP contribution in [0.2, 0.25) is 5.02 Å². The minimum Gasteiger partial charge on any atom is -0.490 e. The molecule has 2 heterocycles. The third kappa shape index (κ3) is 4.56. The van der Waals surface area contributed by atoms with Gasteiger partial charge in [-0.05, 0) is 54.4 Å². The van der Waals surface area contributed by atoms with Crippen molar-refractivity contribution in [2.24, 2.45) is 0 Å². The number of benzene rings is 2. The number of fused-ring (bicyclic) bond motifs is 3. The van der Waals surface area contributed by atoms with Crippen LogP contribution in [0.15, 0.2) is 48.7 Å². The molecule has 0 atom stereocenters. The Hall–Kier alpha value is -2.56. The second-order valence-electron chi connectivity index (χ2n) is 7.86. The summed E-state index contributed by atoms with van der Waals surface area (Å²) < 4.78 is 6.23. The molecule has 0 unspecified atom stereocenters. The molecule has 4 aromatic rings. The van der Waals surface area contributed by atoms with Gasteiger partial charge >= 0.3 is 0 Å². The Morgan fingerprint density at radius 1 is 1.06 bits per heavy atom. The van der Waals surface area contributed by atoms with Gasteiger partial charge in [0.05, 0.1) is 10.5 Å². The van der Waals surface area contributed by atoms with Crippen molar-refractivity contribution in [2.75, 3.05) is 26.2 Å². The number of likely N-dealkylation sites (N-methyl/N-ethyl adjacent to an activating group) is 1. The zero-order valence-electron chi connectivity index (χ0n) is 18.5. The van der Waals surface area contributed by atoms with Crippen LogP contribution in [0.4, 0.5) is 0 Å². The first kappa shape index (κ1) is 21.7. The van der Waals surface area contributed by atoms with Crippen LogP contribution in [0, 0.1) is 0 Å². The van der Waals surface area contributed by atoms with Crippen LogP contribution in [0.5, 0.6) is 5.75 Å². The van der Waals surface area contributed by atoms with Gasteiger partial charge in [0.25, 0.3) is 0 Å². The summed E-state index contributed by atoms with van der Waals surface area (Å²) in [6.45, 7) is 10.2. The second kappa shape index (κ2) is 9.71. The van der Waals surface area contributed by atoms with E-state index < -0.39 is 0 Å². The molecular formula is C26H30ClN3O. The van der Waals surface area contributed by atoms with Crippen molar-refractivity contribution >= 4 is 33.5 Å². The SMILES string of the molecule is CCCc1cccc(-c2ccc(OCCN(CC)CC)c3[nH]c4ncc(Cl)cc4c23)c1. The van der Waals surface area contributed by atoms with Gasteiger partial charge in [-0.1, -0.05) is 63.1 Å². The van der Waals surface area contributed by atoms with Crippen molar-refractivity contribution in [3.63, 3.8) is 0 Å². The smallest absolute Gasteiger partial charge is 0.143 e. The molecule has 1 N–H and O–H groups in total. The molecule has 0 saturated heterocycles. The number of ether oxygens (including phenoxy) is 1. The molecule has 4 rings (SSSR count). The molecule has 2 aromatic carbocycles. The van der Waals surface area contributed by atoms with Crippen molar-refractivity contribution in [1.29, 1.82) is 0 Å². The number of nitrogens with zero attached hydrogens (tertiary/aromatic N) is 2. The number of halogens is 1. The molecule has 0 saturated carbocycles. The van der Waals surface area contributed by atoms with E-state index in [1.165, 1.54) is 16.7 Å². The molecule has 31 heavy (non-hydrogen) atoms. The summed E-state index contributed by atoms with van der Waals surface area (Å²) in [6.07, 6.45) is 3.89. The normalized spacial score (nSPS) is 11.6. The van der Waals surface area contributed by atoms with Gasteiger partial charge in [0.1, 0.15) is 18.0 Å². The minimum atomic E-state index is 0.631. The Morgan fingerprint density at radius 2 is 1.90 bits per heavy atom. The Bertz CT molecular complexity index is 1180. The Labute approximate surface area is 189 Å². The van der Waals surface area contributed by atoms with Crippen molar-refractivity contribution in [3.8, 4) is 16.9 Å². The number of hydrogen-bond donors (Lipinski definition) is 1. The van der Waals surface area contributed by atoms with Crippen molar-refractivity contribution in [2.45, 2.75) is 33.6 Å². The van der Waals surface area contributed by atoms with E-state index in [-0.39, 0.29) is 0 Å². The first-order chi connectivity index (χ1) is 15.1. The Balaban J connectivity index is 1.81. The zero-order valence-corrected chi connectivity index (χ0v) is 19.3. The average Bonchev–Trinajstić information content (AvgIpc) is 3.16. The maximum Gasteiger partial charge on any atom is 0.143 e. The van der Waals surface area contributed by atoms with Gasteiger partial charge in [0.2, 0.25) is 0 Å². The van der Waals surface area contributed by atoms with Crippen LogP contribution >= 0.6 is 11.6 Å². The number of aromatic nitrogens is 2. The molecule has 0 aliphatic carbocycles. The van der Waals surface area contributed by atoms with Crippen molar-refractivity contribution in [1.82, 2.24) is 14.9 Å². The van der Waals surface area contributed by atoms with Gasteiger partial charge in [-0.15, -0.1) is 0 Å². The van der Waals surface area contributed by atoms with Crippen molar-refractivity contribution in [3.05, 3.63) is 59.2 Å². The predicted molar refractivity (Wildman–Crippen MR) is 131 cm³/mol. The summed E-state index contributed by atoms with van der Waals surface area (Å²) in [6, 6.07) is 15.0. The highest BCUT2D eigenvalue weighted by Gasteiger charge is 2.16. The van der Waals surface area contributed by atoms with E-state index in [1.54, 1.807) is 6.20 Å². The Morgan fingerprint density at radius 3 is 2.68 bits per heavy atom. The lowest BCUT2D eigenvalue weighted by Crippen LogP contribution is -2.27. The van der Waals surface area contributed by atoms with Gasteiger partial charge < -0.3 is 14.6 Å². The van der Waals surface area contributed by atoms with E-state index in [0.29, 0.717) is 11.6 Å². The maximum absolute atomic E-state index is 6.32. The topological polar surface area (TPSA) is 41.1 Å². The first-order valence-corrected chi connectivity index (χ1v) is 11.6. The van der Waals surface area contributed by atoms with Crippen LogP contribution in [0.3, 0.4) is 0 Å². The van der Waals surface area contributed by atoms with Gasteiger partial charge in [-0.2, -0.15) is 0 Å². The molecule has 0 spiro atoms. The maximum atomic E-state index is 6.32. The van der Waals surface area contributed by atoms with Crippen LogP contribution in [-0.4, -0.2) is 41.1 Å². The lowest BCUT2D eigenvalue weighted by molar-refractivity contribution is 0.224. The molecule has 0 fully saturated rings. The molecular weight excluding hydrogens is 406 g/mol. The van der Waals surface area contributed by atoms with E-state index in [4.69, 9.17) is 16.3 Å². The van der Waals surface area contributed by atoms with Crippen LogP contribution in [-0.2, 0) is 6.42 Å². The largest absolute Gasteiger partial charge is 0.490 e. The lowest BCUT2D eigenvalue weighted by Gasteiger charge is -2.18. The highest BCUT2D eigenvalue weighted by Crippen LogP contribution is 2.39. The predicted octanol–water partition coefficient (Wildman–Crippen LogP) is 6.71. The van der Waals surface area contributed by atoms with E-state index in [1.807, 2.05) is 6.07 Å². The molecule has 2 aromatic heterocycles. The molecule has 0 aliphatic rings. The molecule has 0 radical (unpaired) electrons. The summed E-state index contributed by atoms with van der Waals surface area (Å²) in [5, 5.41) is 2.76. The van der Waals surface area contributed by atoms with Crippen LogP contribution in [0.25, 0.3) is 33.1 Å². The van der Waals surface area contributed by atoms with Crippen molar-refractivity contribution < 1.29 is 4.74 Å². The van der Waals surface area contributed by atoms with E-state index in [0.717, 1.165) is 60.2 Å². The third-order valence-electron chi connectivity index (χ3n) is 5.87. The number of hydrogen-bond acceptors (Lipinski definition) is 3. The highest BCUT2D eigenvalue weighted by atomic mass is 35.5. The highest BCUT2D eigenvalue weighted by molar-refractivity contribution is 6.31. The fourth-order valence-corrected chi connectivity index (χ4v) is 4.36. The number of aryl methyl sites for hydroxylation is 1. The fraction of sp³-hybridized carbons (Fsp3) is 0.346. The number of nitrogens with one attached hydrogen (secondary N) is 1. The van der Waals surface area contributed by atoms with E-state index in [9.17, 15) is 0 Å². The van der Waals surface area contributed by atoms with E-state index in [2.05, 4.69) is 72.0 Å².